The van der Waals surface area contributed by atoms with Gasteiger partial charge in [-0.15, -0.1) is 0 Å². The van der Waals surface area contributed by atoms with E-state index in [0.29, 0.717) is 0 Å². The van der Waals surface area contributed by atoms with Gasteiger partial charge in [0.05, 0.1) is 12.3 Å². The molecule has 0 spiro atoms. The first kappa shape index (κ1) is 15.8. The summed E-state index contributed by atoms with van der Waals surface area (Å²) in [6, 6.07) is 6.30. The van der Waals surface area contributed by atoms with Crippen molar-refractivity contribution < 1.29 is 4.74 Å². The number of aryl methyl sites for hydroxylation is 1. The fraction of sp³-hybridized carbons (Fsp3) is 0.625. The molecular formula is C16H28N2O. The summed E-state index contributed by atoms with van der Waals surface area (Å²) >= 11 is 0. The predicted molar refractivity (Wildman–Crippen MR) is 83.2 cm³/mol. The molecule has 0 atom stereocenters. The van der Waals surface area contributed by atoms with Crippen molar-refractivity contribution in [1.82, 2.24) is 5.32 Å². The van der Waals surface area contributed by atoms with Gasteiger partial charge in [0.1, 0.15) is 5.75 Å². The van der Waals surface area contributed by atoms with Crippen LogP contribution in [0.3, 0.4) is 0 Å². The Morgan fingerprint density at radius 3 is 2.53 bits per heavy atom. The molecule has 0 aliphatic heterocycles. The van der Waals surface area contributed by atoms with Gasteiger partial charge < -0.3 is 15.4 Å². The zero-order chi connectivity index (χ0) is 14.3. The maximum atomic E-state index is 5.78. The molecule has 0 saturated heterocycles. The summed E-state index contributed by atoms with van der Waals surface area (Å²) in [5, 5.41) is 6.90. The van der Waals surface area contributed by atoms with Crippen molar-refractivity contribution in [2.45, 2.75) is 46.6 Å². The molecule has 0 heterocycles. The monoisotopic (exact) mass is 264 g/mol. The summed E-state index contributed by atoms with van der Waals surface area (Å²) in [4.78, 5) is 0. The summed E-state index contributed by atoms with van der Waals surface area (Å²) in [5.41, 5.74) is 2.47. The number of rotatable bonds is 7. The van der Waals surface area contributed by atoms with E-state index in [4.69, 9.17) is 4.74 Å². The standard InChI is InChI=1S/C16H28N2O/c1-6-11-19-15-12-13(2)7-8-14(15)17-9-10-18-16(3,4)5/h7-8,12,17-18H,6,9-11H2,1-5H3. The summed E-state index contributed by atoms with van der Waals surface area (Å²) in [7, 11) is 0. The van der Waals surface area contributed by atoms with Gasteiger partial charge in [0.15, 0.2) is 0 Å². The summed E-state index contributed by atoms with van der Waals surface area (Å²) in [6.07, 6.45) is 1.03. The first-order chi connectivity index (χ1) is 8.92. The lowest BCUT2D eigenvalue weighted by molar-refractivity contribution is 0.318. The fourth-order valence-corrected chi connectivity index (χ4v) is 1.74. The van der Waals surface area contributed by atoms with E-state index in [1.165, 1.54) is 5.56 Å². The molecule has 1 aromatic rings. The van der Waals surface area contributed by atoms with Gasteiger partial charge in [0.2, 0.25) is 0 Å². The molecule has 2 N–H and O–H groups in total. The summed E-state index contributed by atoms with van der Waals surface area (Å²) in [5.74, 6) is 0.956. The maximum Gasteiger partial charge on any atom is 0.142 e. The van der Waals surface area contributed by atoms with Gasteiger partial charge in [0, 0.05) is 18.6 Å². The van der Waals surface area contributed by atoms with Crippen LogP contribution in [0.25, 0.3) is 0 Å². The fourth-order valence-electron chi connectivity index (χ4n) is 1.74. The molecule has 0 bridgehead atoms. The van der Waals surface area contributed by atoms with E-state index in [9.17, 15) is 0 Å². The van der Waals surface area contributed by atoms with E-state index in [1.807, 2.05) is 0 Å². The Kier molecular flexibility index (Phi) is 6.16. The number of ether oxygens (including phenoxy) is 1. The van der Waals surface area contributed by atoms with Crippen LogP contribution in [0, 0.1) is 6.92 Å². The minimum atomic E-state index is 0.163. The van der Waals surface area contributed by atoms with E-state index < -0.39 is 0 Å². The van der Waals surface area contributed by atoms with Crippen LogP contribution in [0.15, 0.2) is 18.2 Å². The topological polar surface area (TPSA) is 33.3 Å². The predicted octanol–water partition coefficient (Wildman–Crippen LogP) is 3.58. The van der Waals surface area contributed by atoms with E-state index >= 15 is 0 Å². The third-order valence-corrected chi connectivity index (χ3v) is 2.69. The molecule has 0 unspecified atom stereocenters. The SMILES string of the molecule is CCCOc1cc(C)ccc1NCCNC(C)(C)C. The van der Waals surface area contributed by atoms with Crippen LogP contribution in [-0.4, -0.2) is 25.2 Å². The molecule has 3 heteroatoms. The first-order valence-corrected chi connectivity index (χ1v) is 7.15. The van der Waals surface area contributed by atoms with Crippen molar-refractivity contribution in [2.24, 2.45) is 0 Å². The third-order valence-electron chi connectivity index (χ3n) is 2.69. The van der Waals surface area contributed by atoms with Gasteiger partial charge in [-0.25, -0.2) is 0 Å². The number of hydrogen-bond donors (Lipinski definition) is 2. The van der Waals surface area contributed by atoms with Crippen molar-refractivity contribution in [3.05, 3.63) is 23.8 Å². The molecule has 0 aromatic heterocycles. The van der Waals surface area contributed by atoms with Gasteiger partial charge in [-0.3, -0.25) is 0 Å². The van der Waals surface area contributed by atoms with Gasteiger partial charge in [0.25, 0.3) is 0 Å². The minimum Gasteiger partial charge on any atom is -0.491 e. The van der Waals surface area contributed by atoms with Crippen molar-refractivity contribution in [1.29, 1.82) is 0 Å². The van der Waals surface area contributed by atoms with E-state index in [1.54, 1.807) is 0 Å². The van der Waals surface area contributed by atoms with Crippen LogP contribution < -0.4 is 15.4 Å². The Balaban J connectivity index is 2.52. The van der Waals surface area contributed by atoms with Crippen LogP contribution in [0.1, 0.15) is 39.7 Å². The highest BCUT2D eigenvalue weighted by atomic mass is 16.5. The lowest BCUT2D eigenvalue weighted by Crippen LogP contribution is -2.38. The highest BCUT2D eigenvalue weighted by Gasteiger charge is 2.08. The van der Waals surface area contributed by atoms with E-state index in [0.717, 1.165) is 37.6 Å². The number of benzene rings is 1. The summed E-state index contributed by atoms with van der Waals surface area (Å²) < 4.78 is 5.78. The molecule has 0 radical (unpaired) electrons. The smallest absolute Gasteiger partial charge is 0.142 e. The average Bonchev–Trinajstić information content (AvgIpc) is 2.32. The Labute approximate surface area is 117 Å². The Bertz CT molecular complexity index is 383. The zero-order valence-corrected chi connectivity index (χ0v) is 13.0. The van der Waals surface area contributed by atoms with E-state index in [-0.39, 0.29) is 5.54 Å². The van der Waals surface area contributed by atoms with Crippen molar-refractivity contribution >= 4 is 5.69 Å². The molecule has 0 saturated carbocycles. The Hall–Kier alpha value is -1.22. The molecule has 1 rings (SSSR count). The van der Waals surface area contributed by atoms with Gasteiger partial charge in [-0.05, 0) is 51.8 Å². The molecule has 19 heavy (non-hydrogen) atoms. The minimum absolute atomic E-state index is 0.163. The molecule has 0 amide bonds. The zero-order valence-electron chi connectivity index (χ0n) is 13.0. The van der Waals surface area contributed by atoms with Gasteiger partial charge >= 0.3 is 0 Å². The molecule has 3 nitrogen and oxygen atoms in total. The Morgan fingerprint density at radius 1 is 1.16 bits per heavy atom. The molecular weight excluding hydrogens is 236 g/mol. The molecule has 0 aliphatic carbocycles. The second-order valence-corrected chi connectivity index (χ2v) is 5.95. The molecule has 0 aliphatic rings. The van der Waals surface area contributed by atoms with Gasteiger partial charge in [-0.2, -0.15) is 0 Å². The van der Waals surface area contributed by atoms with E-state index in [2.05, 4.69) is 63.5 Å². The van der Waals surface area contributed by atoms with Crippen LogP contribution in [-0.2, 0) is 0 Å². The highest BCUT2D eigenvalue weighted by Crippen LogP contribution is 2.25. The first-order valence-electron chi connectivity index (χ1n) is 7.15. The molecule has 1 aromatic carbocycles. The van der Waals surface area contributed by atoms with Crippen molar-refractivity contribution in [3.63, 3.8) is 0 Å². The normalized spacial score (nSPS) is 11.4. The lowest BCUT2D eigenvalue weighted by atomic mass is 10.1. The van der Waals surface area contributed by atoms with Crippen LogP contribution in [0.4, 0.5) is 5.69 Å². The van der Waals surface area contributed by atoms with Crippen LogP contribution in [0.2, 0.25) is 0 Å². The third kappa shape index (κ3) is 6.48. The quantitative estimate of drug-likeness (QED) is 0.738. The number of nitrogens with one attached hydrogen (secondary N) is 2. The second-order valence-electron chi connectivity index (χ2n) is 5.95. The second kappa shape index (κ2) is 7.39. The molecule has 0 fully saturated rings. The number of hydrogen-bond acceptors (Lipinski definition) is 3. The highest BCUT2D eigenvalue weighted by molar-refractivity contribution is 5.57. The summed E-state index contributed by atoms with van der Waals surface area (Å²) in [6.45, 7) is 13.3. The maximum absolute atomic E-state index is 5.78. The van der Waals surface area contributed by atoms with Crippen LogP contribution in [0.5, 0.6) is 5.75 Å². The van der Waals surface area contributed by atoms with Crippen LogP contribution >= 0.6 is 0 Å². The number of anilines is 1. The van der Waals surface area contributed by atoms with Gasteiger partial charge in [-0.1, -0.05) is 13.0 Å². The largest absolute Gasteiger partial charge is 0.491 e. The average molecular weight is 264 g/mol. The van der Waals surface area contributed by atoms with Crippen molar-refractivity contribution in [2.75, 3.05) is 25.0 Å². The molecule has 108 valence electrons. The van der Waals surface area contributed by atoms with Crippen molar-refractivity contribution in [3.8, 4) is 5.75 Å². The Morgan fingerprint density at radius 2 is 1.89 bits per heavy atom. The lowest BCUT2D eigenvalue weighted by Gasteiger charge is -2.21.